The predicted octanol–water partition coefficient (Wildman–Crippen LogP) is 3.86. The van der Waals surface area contributed by atoms with Crippen LogP contribution in [0.4, 0.5) is 0 Å². The molecule has 0 spiro atoms. The van der Waals surface area contributed by atoms with E-state index < -0.39 is 17.4 Å². The highest BCUT2D eigenvalue weighted by molar-refractivity contribution is 6.35. The van der Waals surface area contributed by atoms with Crippen LogP contribution in [0.1, 0.15) is 47.2 Å². The summed E-state index contributed by atoms with van der Waals surface area (Å²) in [6, 6.07) is 21.2. The van der Waals surface area contributed by atoms with Gasteiger partial charge >= 0.3 is 11.8 Å². The van der Waals surface area contributed by atoms with E-state index in [1.165, 1.54) is 5.57 Å². The third-order valence-electron chi connectivity index (χ3n) is 7.55. The van der Waals surface area contributed by atoms with Crippen LogP contribution in [0, 0.1) is 17.2 Å². The number of ether oxygens (including phenoxy) is 1. The van der Waals surface area contributed by atoms with Crippen LogP contribution in [-0.2, 0) is 21.7 Å². The van der Waals surface area contributed by atoms with Crippen LogP contribution in [-0.4, -0.2) is 30.9 Å². The van der Waals surface area contributed by atoms with Gasteiger partial charge in [0, 0.05) is 18.0 Å². The first-order chi connectivity index (χ1) is 18.9. The van der Waals surface area contributed by atoms with Gasteiger partial charge in [-0.15, -0.1) is 0 Å². The molecular formula is C31H30N4O4. The van der Waals surface area contributed by atoms with Gasteiger partial charge in [-0.25, -0.2) is 0 Å². The van der Waals surface area contributed by atoms with Crippen LogP contribution in [0.5, 0.6) is 5.75 Å². The first-order valence-corrected chi connectivity index (χ1v) is 13.1. The van der Waals surface area contributed by atoms with Crippen LogP contribution in [0.25, 0.3) is 10.8 Å². The van der Waals surface area contributed by atoms with Gasteiger partial charge < -0.3 is 20.7 Å². The van der Waals surface area contributed by atoms with E-state index in [2.05, 4.69) is 46.8 Å². The molecule has 8 nitrogen and oxygen atoms in total. The summed E-state index contributed by atoms with van der Waals surface area (Å²) in [4.78, 5) is 37.8. The van der Waals surface area contributed by atoms with Gasteiger partial charge in [-0.1, -0.05) is 60.7 Å². The summed E-state index contributed by atoms with van der Waals surface area (Å²) < 4.78 is 6.00. The number of benzene rings is 3. The lowest BCUT2D eigenvalue weighted by molar-refractivity contribution is -0.139. The predicted molar refractivity (Wildman–Crippen MR) is 147 cm³/mol. The molecule has 0 saturated heterocycles. The maximum Gasteiger partial charge on any atom is 0.310 e. The Hall–Kier alpha value is -4.64. The molecule has 198 valence electrons. The number of hydrogen-bond acceptors (Lipinski definition) is 5. The Morgan fingerprint density at radius 2 is 1.79 bits per heavy atom. The lowest BCUT2D eigenvalue weighted by atomic mass is 9.81. The van der Waals surface area contributed by atoms with Crippen molar-refractivity contribution in [1.82, 2.24) is 16.0 Å². The van der Waals surface area contributed by atoms with Crippen molar-refractivity contribution in [2.24, 2.45) is 5.92 Å². The topological polar surface area (TPSA) is 120 Å². The summed E-state index contributed by atoms with van der Waals surface area (Å²) in [5.74, 6) is -1.20. The molecule has 3 aromatic rings. The van der Waals surface area contributed by atoms with Gasteiger partial charge in [-0.3, -0.25) is 14.4 Å². The molecule has 0 heterocycles. The molecule has 3 N–H and O–H groups in total. The molecule has 2 aliphatic rings. The molecule has 0 radical (unpaired) electrons. The molecule has 0 aromatic heterocycles. The Morgan fingerprint density at radius 1 is 1.03 bits per heavy atom. The summed E-state index contributed by atoms with van der Waals surface area (Å²) in [6.45, 7) is 4.24. The van der Waals surface area contributed by atoms with Crippen molar-refractivity contribution in [2.45, 2.75) is 37.8 Å². The van der Waals surface area contributed by atoms with Gasteiger partial charge in [0.2, 0.25) is 0 Å². The second kappa shape index (κ2) is 11.0. The average Bonchev–Trinajstić information content (AvgIpc) is 3.73. The van der Waals surface area contributed by atoms with Crippen molar-refractivity contribution >= 4 is 28.5 Å². The highest BCUT2D eigenvalue weighted by atomic mass is 16.5. The first-order valence-electron chi connectivity index (χ1n) is 13.1. The van der Waals surface area contributed by atoms with Crippen molar-refractivity contribution in [1.29, 1.82) is 5.26 Å². The Bertz CT molecular complexity index is 1500. The maximum absolute atomic E-state index is 13.8. The van der Waals surface area contributed by atoms with E-state index in [4.69, 9.17) is 10.00 Å². The van der Waals surface area contributed by atoms with Gasteiger partial charge in [0.25, 0.3) is 5.91 Å². The fourth-order valence-electron chi connectivity index (χ4n) is 4.93. The monoisotopic (exact) mass is 522 g/mol. The van der Waals surface area contributed by atoms with Crippen molar-refractivity contribution in [3.05, 3.63) is 89.5 Å². The van der Waals surface area contributed by atoms with Gasteiger partial charge in [0.15, 0.2) is 0 Å². The molecule has 2 fully saturated rings. The molecule has 0 aliphatic heterocycles. The summed E-state index contributed by atoms with van der Waals surface area (Å²) in [5, 5.41) is 18.8. The molecule has 3 aromatic carbocycles. The molecule has 2 saturated carbocycles. The number of nitriles is 1. The van der Waals surface area contributed by atoms with Crippen molar-refractivity contribution in [2.75, 3.05) is 13.2 Å². The Labute approximate surface area is 227 Å². The lowest BCUT2D eigenvalue weighted by Gasteiger charge is -2.28. The zero-order chi connectivity index (χ0) is 27.4. The number of hydrogen-bond donors (Lipinski definition) is 3. The number of nitrogens with one attached hydrogen (secondary N) is 3. The highest BCUT2D eigenvalue weighted by Crippen LogP contribution is 2.48. The van der Waals surface area contributed by atoms with Crippen LogP contribution < -0.4 is 20.7 Å². The number of nitrogens with zero attached hydrogens (tertiary/aromatic N) is 1. The maximum atomic E-state index is 13.8. The molecule has 3 amide bonds. The SMILES string of the molecule is C=C1CCC1COc1ccc(CNC(=O)C(=O)NCC#N)c(C(=O)NC2(c3cccc4ccccc34)CC2)c1. The zero-order valence-electron chi connectivity index (χ0n) is 21.6. The summed E-state index contributed by atoms with van der Waals surface area (Å²) in [5.41, 5.74) is 2.68. The van der Waals surface area contributed by atoms with Gasteiger partial charge in [0.05, 0.1) is 18.2 Å². The van der Waals surface area contributed by atoms with Crippen LogP contribution in [0.15, 0.2) is 72.8 Å². The quantitative estimate of drug-likeness (QED) is 0.224. The Morgan fingerprint density at radius 3 is 2.51 bits per heavy atom. The number of carbonyl (C=O) groups is 3. The van der Waals surface area contributed by atoms with E-state index in [9.17, 15) is 14.4 Å². The standard InChI is InChI=1S/C31H30N4O4/c1-20-9-10-23(20)19-39-24-12-11-22(18-34-30(38)29(37)33-16-15-32)26(17-24)28(36)35-31(13-14-31)27-8-4-6-21-5-2-3-7-25(21)27/h2-8,11-12,17,23H,1,9-10,13-14,16,18-19H2,(H,33,37)(H,34,38)(H,35,36). The van der Waals surface area contributed by atoms with Gasteiger partial charge in [-0.2, -0.15) is 5.26 Å². The fraction of sp³-hybridized carbons (Fsp3) is 0.290. The van der Waals surface area contributed by atoms with E-state index in [1.54, 1.807) is 24.3 Å². The third kappa shape index (κ3) is 5.63. The molecule has 39 heavy (non-hydrogen) atoms. The molecule has 8 heteroatoms. The fourth-order valence-corrected chi connectivity index (χ4v) is 4.93. The largest absolute Gasteiger partial charge is 0.493 e. The van der Waals surface area contributed by atoms with Crippen molar-refractivity contribution < 1.29 is 19.1 Å². The molecule has 1 unspecified atom stereocenters. The smallest absolute Gasteiger partial charge is 0.310 e. The molecule has 5 rings (SSSR count). The van der Waals surface area contributed by atoms with Gasteiger partial charge in [-0.05, 0) is 59.7 Å². The minimum atomic E-state index is -0.906. The highest BCUT2D eigenvalue weighted by Gasteiger charge is 2.46. The summed E-state index contributed by atoms with van der Waals surface area (Å²) in [6.07, 6.45) is 3.69. The molecule has 0 bridgehead atoms. The minimum absolute atomic E-state index is 0.0391. The molecular weight excluding hydrogens is 492 g/mol. The number of amides is 3. The number of rotatable bonds is 9. The minimum Gasteiger partial charge on any atom is -0.493 e. The Kier molecular flexibility index (Phi) is 7.33. The van der Waals surface area contributed by atoms with Crippen molar-refractivity contribution in [3.63, 3.8) is 0 Å². The third-order valence-corrected chi connectivity index (χ3v) is 7.55. The second-order valence-corrected chi connectivity index (χ2v) is 10.1. The van der Waals surface area contributed by atoms with Gasteiger partial charge in [0.1, 0.15) is 12.3 Å². The van der Waals surface area contributed by atoms with E-state index in [0.717, 1.165) is 42.0 Å². The zero-order valence-corrected chi connectivity index (χ0v) is 21.6. The van der Waals surface area contributed by atoms with E-state index in [1.807, 2.05) is 18.2 Å². The van der Waals surface area contributed by atoms with Crippen LogP contribution in [0.2, 0.25) is 0 Å². The van der Waals surface area contributed by atoms with E-state index in [-0.39, 0.29) is 19.0 Å². The lowest BCUT2D eigenvalue weighted by Crippen LogP contribution is -2.40. The van der Waals surface area contributed by atoms with Crippen molar-refractivity contribution in [3.8, 4) is 11.8 Å². The normalized spacial score (nSPS) is 16.9. The Balaban J connectivity index is 1.37. The average molecular weight is 523 g/mol. The number of carbonyl (C=O) groups excluding carboxylic acids is 3. The number of fused-ring (bicyclic) bond motifs is 1. The van der Waals surface area contributed by atoms with E-state index >= 15 is 0 Å². The van der Waals surface area contributed by atoms with Crippen LogP contribution in [0.3, 0.4) is 0 Å². The molecule has 2 aliphatic carbocycles. The molecule has 1 atom stereocenters. The van der Waals surface area contributed by atoms with Crippen LogP contribution >= 0.6 is 0 Å². The second-order valence-electron chi connectivity index (χ2n) is 10.1. The summed E-state index contributed by atoms with van der Waals surface area (Å²) >= 11 is 0. The van der Waals surface area contributed by atoms with E-state index in [0.29, 0.717) is 29.4 Å². The summed E-state index contributed by atoms with van der Waals surface area (Å²) in [7, 11) is 0. The first kappa shape index (κ1) is 26.0.